The van der Waals surface area contributed by atoms with E-state index in [0.717, 1.165) is 18.4 Å². The molecule has 4 rings (SSSR count). The maximum absolute atomic E-state index is 13.0. The van der Waals surface area contributed by atoms with Crippen molar-refractivity contribution in [3.8, 4) is 5.75 Å². The van der Waals surface area contributed by atoms with Crippen molar-refractivity contribution in [1.82, 2.24) is 14.8 Å². The van der Waals surface area contributed by atoms with Crippen LogP contribution in [0.2, 0.25) is 0 Å². The molecule has 32 heavy (non-hydrogen) atoms. The summed E-state index contributed by atoms with van der Waals surface area (Å²) in [5, 5.41) is 2.73. The van der Waals surface area contributed by atoms with Crippen molar-refractivity contribution in [3.63, 3.8) is 0 Å². The molecule has 9 heteroatoms. The van der Waals surface area contributed by atoms with Gasteiger partial charge in [0.2, 0.25) is 0 Å². The highest BCUT2D eigenvalue weighted by atomic mass is 19.1. The lowest BCUT2D eigenvalue weighted by Gasteiger charge is -2.31. The average molecular weight is 443 g/mol. The molecule has 0 bridgehead atoms. The van der Waals surface area contributed by atoms with E-state index in [4.69, 9.17) is 9.47 Å². The number of rotatable bonds is 6. The largest absolute Gasteiger partial charge is 0.492 e. The Morgan fingerprint density at radius 2 is 2.06 bits per heavy atom. The molecule has 0 spiro atoms. The van der Waals surface area contributed by atoms with Crippen molar-refractivity contribution in [2.45, 2.75) is 31.9 Å². The first-order chi connectivity index (χ1) is 15.4. The molecule has 2 aliphatic heterocycles. The van der Waals surface area contributed by atoms with Gasteiger partial charge in [-0.1, -0.05) is 0 Å². The van der Waals surface area contributed by atoms with Crippen LogP contribution in [0.3, 0.4) is 0 Å². The van der Waals surface area contributed by atoms with Crippen LogP contribution >= 0.6 is 0 Å². The molecule has 1 fully saturated rings. The van der Waals surface area contributed by atoms with Gasteiger partial charge in [0.05, 0.1) is 6.54 Å². The van der Waals surface area contributed by atoms with Crippen molar-refractivity contribution in [1.29, 1.82) is 0 Å². The number of nitrogens with zero attached hydrogens (tertiary/aromatic N) is 2. The zero-order chi connectivity index (χ0) is 22.7. The van der Waals surface area contributed by atoms with Crippen LogP contribution in [0.4, 0.5) is 4.39 Å². The molecule has 1 aromatic heterocycles. The molecule has 0 radical (unpaired) electrons. The number of aryl methyl sites for hydroxylation is 1. The Morgan fingerprint density at radius 1 is 1.28 bits per heavy atom. The third-order valence-corrected chi connectivity index (χ3v) is 5.78. The Hall–Kier alpha value is -3.20. The zero-order valence-electron chi connectivity index (χ0n) is 17.9. The first-order valence-electron chi connectivity index (χ1n) is 10.7. The molecule has 1 aromatic carbocycles. The Labute approximate surface area is 184 Å². The Morgan fingerprint density at radius 3 is 2.78 bits per heavy atom. The van der Waals surface area contributed by atoms with Gasteiger partial charge in [0.25, 0.3) is 17.4 Å². The second-order valence-electron chi connectivity index (χ2n) is 7.99. The minimum atomic E-state index is -0.468. The maximum atomic E-state index is 13.0. The summed E-state index contributed by atoms with van der Waals surface area (Å²) in [4.78, 5) is 40.0. The summed E-state index contributed by atoms with van der Waals surface area (Å²) >= 11 is 0. The van der Waals surface area contributed by atoms with E-state index in [1.165, 1.54) is 28.8 Å². The summed E-state index contributed by atoms with van der Waals surface area (Å²) in [6, 6.07) is 5.59. The molecule has 8 nitrogen and oxygen atoms in total. The second-order valence-corrected chi connectivity index (χ2v) is 7.99. The highest BCUT2D eigenvalue weighted by molar-refractivity contribution is 5.95. The standard InChI is InChI=1S/C23H26FN3O5/c1-26-13-15-14-27(22(29)19-3-2-11-32-19)10-8-18(15)20(23(26)30)21(28)25-9-12-31-17-6-4-16(24)5-7-17/h4-7,13,19H,2-3,8-12,14H2,1H3,(H,25,28)/t19-/m0/s1. The smallest absolute Gasteiger partial charge is 0.263 e. The zero-order valence-corrected chi connectivity index (χ0v) is 17.9. The monoisotopic (exact) mass is 443 g/mol. The third kappa shape index (κ3) is 4.67. The van der Waals surface area contributed by atoms with Crippen molar-refractivity contribution in [2.24, 2.45) is 7.05 Å². The average Bonchev–Trinajstić information content (AvgIpc) is 3.33. The van der Waals surface area contributed by atoms with Gasteiger partial charge >= 0.3 is 0 Å². The molecular formula is C23H26FN3O5. The van der Waals surface area contributed by atoms with Crippen LogP contribution < -0.4 is 15.6 Å². The predicted molar refractivity (Wildman–Crippen MR) is 114 cm³/mol. The first kappa shape index (κ1) is 22.0. The number of halogens is 1. The van der Waals surface area contributed by atoms with E-state index in [9.17, 15) is 18.8 Å². The summed E-state index contributed by atoms with van der Waals surface area (Å²) in [6.07, 6.45) is 3.33. The first-order valence-corrected chi connectivity index (χ1v) is 10.7. The third-order valence-electron chi connectivity index (χ3n) is 5.78. The lowest BCUT2D eigenvalue weighted by atomic mass is 9.95. The number of ether oxygens (including phenoxy) is 2. The van der Waals surface area contributed by atoms with E-state index in [2.05, 4.69) is 5.32 Å². The predicted octanol–water partition coefficient (Wildman–Crippen LogP) is 1.40. The molecule has 0 aliphatic carbocycles. The minimum Gasteiger partial charge on any atom is -0.492 e. The van der Waals surface area contributed by atoms with Crippen LogP contribution in [-0.2, 0) is 29.5 Å². The number of aromatic nitrogens is 1. The molecule has 170 valence electrons. The molecular weight excluding hydrogens is 417 g/mol. The molecule has 2 aromatic rings. The number of fused-ring (bicyclic) bond motifs is 1. The number of amides is 2. The molecule has 2 aliphatic rings. The summed E-state index contributed by atoms with van der Waals surface area (Å²) in [6.45, 7) is 1.75. The number of nitrogens with one attached hydrogen (secondary N) is 1. The van der Waals surface area contributed by atoms with Gasteiger partial charge in [0.15, 0.2) is 0 Å². The van der Waals surface area contributed by atoms with Gasteiger partial charge in [0, 0.05) is 32.9 Å². The number of pyridine rings is 1. The molecule has 1 saturated heterocycles. The fourth-order valence-corrected chi connectivity index (χ4v) is 4.14. The Kier molecular flexibility index (Phi) is 6.55. The highest BCUT2D eigenvalue weighted by Gasteiger charge is 2.32. The second kappa shape index (κ2) is 9.52. The van der Waals surface area contributed by atoms with Crippen LogP contribution in [-0.4, -0.2) is 53.7 Å². The molecule has 3 heterocycles. The number of benzene rings is 1. The lowest BCUT2D eigenvalue weighted by molar-refractivity contribution is -0.141. The van der Waals surface area contributed by atoms with Crippen molar-refractivity contribution in [2.75, 3.05) is 26.3 Å². The molecule has 1 N–H and O–H groups in total. The van der Waals surface area contributed by atoms with Crippen LogP contribution in [0, 0.1) is 5.82 Å². The van der Waals surface area contributed by atoms with E-state index in [-0.39, 0.29) is 36.0 Å². The van der Waals surface area contributed by atoms with Gasteiger partial charge in [-0.05, 0) is 54.7 Å². The normalized spacial score (nSPS) is 17.7. The maximum Gasteiger partial charge on any atom is 0.263 e. The SMILES string of the molecule is Cn1cc2c(c(C(=O)NCCOc3ccc(F)cc3)c1=O)CCN(C(=O)[C@@H]1CCCO1)C2. The Bertz CT molecular complexity index is 1060. The topological polar surface area (TPSA) is 89.9 Å². The van der Waals surface area contributed by atoms with Crippen LogP contribution in [0.25, 0.3) is 0 Å². The quantitative estimate of drug-likeness (QED) is 0.682. The Balaban J connectivity index is 1.42. The molecule has 0 saturated carbocycles. The van der Waals surface area contributed by atoms with E-state index in [0.29, 0.717) is 37.4 Å². The molecule has 1 atom stereocenters. The van der Waals surface area contributed by atoms with Gasteiger partial charge in [-0.15, -0.1) is 0 Å². The summed E-state index contributed by atoms with van der Waals surface area (Å²) in [7, 11) is 1.60. The van der Waals surface area contributed by atoms with Gasteiger partial charge in [-0.3, -0.25) is 14.4 Å². The van der Waals surface area contributed by atoms with E-state index >= 15 is 0 Å². The summed E-state index contributed by atoms with van der Waals surface area (Å²) in [5.74, 6) is -0.369. The van der Waals surface area contributed by atoms with Gasteiger partial charge in [-0.25, -0.2) is 4.39 Å². The van der Waals surface area contributed by atoms with Gasteiger partial charge < -0.3 is 24.3 Å². The fraction of sp³-hybridized carbons (Fsp3) is 0.435. The minimum absolute atomic E-state index is 0.0362. The number of hydrogen-bond donors (Lipinski definition) is 1. The van der Waals surface area contributed by atoms with Gasteiger partial charge in [0.1, 0.15) is 29.8 Å². The van der Waals surface area contributed by atoms with Crippen molar-refractivity contribution < 1.29 is 23.5 Å². The van der Waals surface area contributed by atoms with Crippen LogP contribution in [0.5, 0.6) is 5.75 Å². The van der Waals surface area contributed by atoms with Crippen molar-refractivity contribution in [3.05, 3.63) is 63.3 Å². The fourth-order valence-electron chi connectivity index (χ4n) is 4.14. The molecule has 0 unspecified atom stereocenters. The lowest BCUT2D eigenvalue weighted by Crippen LogP contribution is -2.44. The molecule has 2 amide bonds. The van der Waals surface area contributed by atoms with Crippen LogP contribution in [0.15, 0.2) is 35.3 Å². The summed E-state index contributed by atoms with van der Waals surface area (Å²) < 4.78 is 25.3. The van der Waals surface area contributed by atoms with Crippen LogP contribution in [0.1, 0.15) is 34.3 Å². The summed E-state index contributed by atoms with van der Waals surface area (Å²) in [5.41, 5.74) is 1.20. The number of hydrogen-bond acceptors (Lipinski definition) is 5. The van der Waals surface area contributed by atoms with Gasteiger partial charge in [-0.2, -0.15) is 0 Å². The highest BCUT2D eigenvalue weighted by Crippen LogP contribution is 2.23. The number of carbonyl (C=O) groups is 2. The van der Waals surface area contributed by atoms with E-state index in [1.807, 2.05) is 0 Å². The van der Waals surface area contributed by atoms with E-state index in [1.54, 1.807) is 18.1 Å². The van der Waals surface area contributed by atoms with Crippen molar-refractivity contribution >= 4 is 11.8 Å². The number of carbonyl (C=O) groups excluding carboxylic acids is 2. The van der Waals surface area contributed by atoms with E-state index < -0.39 is 12.0 Å².